The average molecular weight is 379 g/mol. The fourth-order valence-corrected chi connectivity index (χ4v) is 2.53. The highest BCUT2D eigenvalue weighted by Crippen LogP contribution is 2.30. The van der Waals surface area contributed by atoms with Crippen molar-refractivity contribution in [3.05, 3.63) is 75.8 Å². The summed E-state index contributed by atoms with van der Waals surface area (Å²) in [7, 11) is 1.59. The van der Waals surface area contributed by atoms with E-state index in [9.17, 15) is 4.79 Å². The molecule has 28 heavy (non-hydrogen) atoms. The second-order valence-corrected chi connectivity index (χ2v) is 5.91. The minimum absolute atomic E-state index is 0.287. The number of hydrogen-bond donors (Lipinski definition) is 2. The van der Waals surface area contributed by atoms with Crippen LogP contribution >= 0.6 is 0 Å². The molecular weight excluding hydrogens is 358 g/mol. The summed E-state index contributed by atoms with van der Waals surface area (Å²) in [6.07, 6.45) is 2.36. The van der Waals surface area contributed by atoms with Crippen molar-refractivity contribution in [3.63, 3.8) is 0 Å². The van der Waals surface area contributed by atoms with Gasteiger partial charge in [0.05, 0.1) is 19.9 Å². The molecule has 0 bridgehead atoms. The van der Waals surface area contributed by atoms with Gasteiger partial charge in [-0.2, -0.15) is 15.2 Å². The number of ether oxygens (including phenoxy) is 2. The predicted molar refractivity (Wildman–Crippen MR) is 107 cm³/mol. The average Bonchev–Trinajstić information content (AvgIpc) is 2.72. The minimum Gasteiger partial charge on any atom is -0.493 e. The smallest absolute Gasteiger partial charge is 0.363 e. The first-order chi connectivity index (χ1) is 13.7. The number of aryl methyl sites for hydroxylation is 1. The number of rotatable bonds is 8. The van der Waals surface area contributed by atoms with E-state index in [2.05, 4.69) is 37.8 Å². The van der Waals surface area contributed by atoms with Gasteiger partial charge in [-0.25, -0.2) is 9.89 Å². The molecule has 2 aromatic carbocycles. The van der Waals surface area contributed by atoms with Crippen molar-refractivity contribution in [3.8, 4) is 11.5 Å². The van der Waals surface area contributed by atoms with Gasteiger partial charge in [0.2, 0.25) is 0 Å². The van der Waals surface area contributed by atoms with E-state index in [1.165, 1.54) is 5.56 Å². The first-order valence-corrected chi connectivity index (χ1v) is 8.73. The Kier molecular flexibility index (Phi) is 6.35. The van der Waals surface area contributed by atoms with Crippen LogP contribution in [0.15, 0.2) is 58.4 Å². The van der Waals surface area contributed by atoms with E-state index in [-0.39, 0.29) is 5.82 Å². The Morgan fingerprint density at radius 3 is 2.79 bits per heavy atom. The number of aromatic amines is 1. The lowest BCUT2D eigenvalue weighted by atomic mass is 10.1. The van der Waals surface area contributed by atoms with E-state index >= 15 is 0 Å². The summed E-state index contributed by atoms with van der Waals surface area (Å²) in [6.45, 7) is 2.21. The van der Waals surface area contributed by atoms with Crippen LogP contribution < -0.4 is 20.6 Å². The van der Waals surface area contributed by atoms with Gasteiger partial charge in [0.1, 0.15) is 5.69 Å². The monoisotopic (exact) mass is 379 g/mol. The molecule has 0 saturated heterocycles. The third-order valence-corrected chi connectivity index (χ3v) is 3.96. The highest BCUT2D eigenvalue weighted by Gasteiger charge is 2.09. The zero-order valence-electron chi connectivity index (χ0n) is 15.7. The number of anilines is 1. The van der Waals surface area contributed by atoms with Crippen molar-refractivity contribution in [2.24, 2.45) is 5.10 Å². The van der Waals surface area contributed by atoms with Gasteiger partial charge in [-0.3, -0.25) is 5.43 Å². The van der Waals surface area contributed by atoms with Gasteiger partial charge in [-0.15, -0.1) is 0 Å². The molecule has 0 spiro atoms. The molecule has 0 atom stereocenters. The number of aromatic nitrogens is 3. The Hall–Kier alpha value is -3.68. The maximum Gasteiger partial charge on any atom is 0.363 e. The first-order valence-electron chi connectivity index (χ1n) is 8.73. The third kappa shape index (κ3) is 4.94. The molecule has 1 heterocycles. The van der Waals surface area contributed by atoms with Crippen molar-refractivity contribution < 1.29 is 9.47 Å². The summed E-state index contributed by atoms with van der Waals surface area (Å²) >= 11 is 0. The number of hydrazone groups is 1. The highest BCUT2D eigenvalue weighted by atomic mass is 16.5. The van der Waals surface area contributed by atoms with Gasteiger partial charge in [-0.1, -0.05) is 36.4 Å². The summed E-state index contributed by atoms with van der Waals surface area (Å²) in [5.41, 5.74) is 4.64. The zero-order chi connectivity index (χ0) is 19.8. The van der Waals surface area contributed by atoms with Crippen LogP contribution in [0.4, 0.5) is 5.82 Å². The van der Waals surface area contributed by atoms with Crippen LogP contribution in [0.1, 0.15) is 16.8 Å². The second-order valence-electron chi connectivity index (χ2n) is 5.91. The molecule has 0 saturated carbocycles. The molecule has 8 nitrogen and oxygen atoms in total. The number of benzene rings is 2. The molecule has 144 valence electrons. The normalized spacial score (nSPS) is 10.8. The van der Waals surface area contributed by atoms with E-state index in [1.807, 2.05) is 36.4 Å². The van der Waals surface area contributed by atoms with Crippen molar-refractivity contribution >= 4 is 12.0 Å². The third-order valence-electron chi connectivity index (χ3n) is 3.96. The van der Waals surface area contributed by atoms with Crippen molar-refractivity contribution in [1.29, 1.82) is 0 Å². The minimum atomic E-state index is -0.547. The van der Waals surface area contributed by atoms with Gasteiger partial charge in [0.25, 0.3) is 0 Å². The maximum absolute atomic E-state index is 11.3. The van der Waals surface area contributed by atoms with Crippen molar-refractivity contribution in [1.82, 2.24) is 15.2 Å². The Morgan fingerprint density at radius 1 is 1.18 bits per heavy atom. The van der Waals surface area contributed by atoms with Crippen LogP contribution in [0.2, 0.25) is 0 Å². The molecule has 0 unspecified atom stereocenters. The molecule has 0 aliphatic carbocycles. The molecular formula is C20H21N5O3. The second kappa shape index (κ2) is 9.31. The molecule has 8 heteroatoms. The quantitative estimate of drug-likeness (QED) is 0.461. The van der Waals surface area contributed by atoms with Gasteiger partial charge in [0, 0.05) is 12.0 Å². The Labute approximate surface area is 162 Å². The lowest BCUT2D eigenvalue weighted by Gasteiger charge is -2.13. The van der Waals surface area contributed by atoms with E-state index in [4.69, 9.17) is 9.47 Å². The van der Waals surface area contributed by atoms with Crippen LogP contribution in [0, 0.1) is 6.92 Å². The summed E-state index contributed by atoms with van der Waals surface area (Å²) in [5.74, 6) is 1.50. The topological polar surface area (TPSA) is 101 Å². The molecule has 0 radical (unpaired) electrons. The van der Waals surface area contributed by atoms with E-state index < -0.39 is 5.69 Å². The Morgan fingerprint density at radius 2 is 2.00 bits per heavy atom. The molecule has 2 N–H and O–H groups in total. The molecule has 0 amide bonds. The van der Waals surface area contributed by atoms with Gasteiger partial charge < -0.3 is 9.47 Å². The number of nitrogens with one attached hydrogen (secondary N) is 2. The van der Waals surface area contributed by atoms with Crippen LogP contribution in [-0.2, 0) is 6.42 Å². The van der Waals surface area contributed by atoms with Crippen molar-refractivity contribution in [2.45, 2.75) is 13.3 Å². The lowest BCUT2D eigenvalue weighted by molar-refractivity contribution is 0.297. The van der Waals surface area contributed by atoms with E-state index in [0.717, 1.165) is 12.0 Å². The SMILES string of the molecule is COc1cccc(/C=N/Nc2nc(=O)[nH]nc2C)c1OCCc1ccccc1. The van der Waals surface area contributed by atoms with Gasteiger partial charge >= 0.3 is 5.69 Å². The number of H-pyrrole nitrogens is 1. The number of hydrogen-bond acceptors (Lipinski definition) is 7. The number of para-hydroxylation sites is 1. The molecule has 3 rings (SSSR count). The predicted octanol–water partition coefficient (Wildman–Crippen LogP) is 2.55. The van der Waals surface area contributed by atoms with Gasteiger partial charge in [-0.05, 0) is 24.6 Å². The first kappa shape index (κ1) is 19.1. The van der Waals surface area contributed by atoms with E-state index in [0.29, 0.717) is 23.8 Å². The van der Waals surface area contributed by atoms with Gasteiger partial charge in [0.15, 0.2) is 17.3 Å². The molecule has 1 aromatic heterocycles. The van der Waals surface area contributed by atoms with E-state index in [1.54, 1.807) is 20.2 Å². The zero-order valence-corrected chi connectivity index (χ0v) is 15.7. The number of nitrogens with zero attached hydrogens (tertiary/aromatic N) is 3. The van der Waals surface area contributed by atoms with Crippen LogP contribution in [0.3, 0.4) is 0 Å². The molecule has 3 aromatic rings. The number of methoxy groups -OCH3 is 1. The molecule has 0 fully saturated rings. The fourth-order valence-electron chi connectivity index (χ4n) is 2.53. The lowest BCUT2D eigenvalue weighted by Crippen LogP contribution is -2.15. The highest BCUT2D eigenvalue weighted by molar-refractivity contribution is 5.85. The maximum atomic E-state index is 11.3. The Bertz CT molecular complexity index is 1000. The summed E-state index contributed by atoms with van der Waals surface area (Å²) in [4.78, 5) is 15.1. The van der Waals surface area contributed by atoms with Crippen molar-refractivity contribution in [2.75, 3.05) is 19.1 Å². The van der Waals surface area contributed by atoms with Crippen LogP contribution in [0.5, 0.6) is 11.5 Å². The summed E-state index contributed by atoms with van der Waals surface area (Å²) in [5, 5.41) is 10.3. The van der Waals surface area contributed by atoms with Crippen LogP contribution in [-0.4, -0.2) is 35.1 Å². The standard InChI is InChI=1S/C20H21N5O3/c1-14-19(22-20(26)25-23-14)24-21-13-16-9-6-10-17(27-2)18(16)28-12-11-15-7-4-3-5-8-15/h3-10,13H,11-12H2,1-2H3,(H2,22,24,25,26)/b21-13+. The fraction of sp³-hybridized carbons (Fsp3) is 0.200. The summed E-state index contributed by atoms with van der Waals surface area (Å²) in [6, 6.07) is 15.6. The molecule has 0 aliphatic heterocycles. The largest absolute Gasteiger partial charge is 0.493 e. The summed E-state index contributed by atoms with van der Waals surface area (Å²) < 4.78 is 11.4. The molecule has 0 aliphatic rings. The van der Waals surface area contributed by atoms with Crippen LogP contribution in [0.25, 0.3) is 0 Å². The Balaban J connectivity index is 1.73.